The molecule has 5 nitrogen and oxygen atoms in total. The highest BCUT2D eigenvalue weighted by Gasteiger charge is 2.15. The van der Waals surface area contributed by atoms with Gasteiger partial charge in [0.25, 0.3) is 0 Å². The first kappa shape index (κ1) is 8.27. The van der Waals surface area contributed by atoms with Crippen molar-refractivity contribution in [2.75, 3.05) is 0 Å². The number of nitrogens with zero attached hydrogens (tertiary/aromatic N) is 3. The van der Waals surface area contributed by atoms with Crippen molar-refractivity contribution in [2.24, 2.45) is 0 Å². The van der Waals surface area contributed by atoms with E-state index < -0.39 is 12.0 Å². The van der Waals surface area contributed by atoms with Crippen LogP contribution in [-0.4, -0.2) is 20.6 Å². The fourth-order valence-corrected chi connectivity index (χ4v) is 0.831. The third kappa shape index (κ3) is 1.27. The molecule has 0 unspecified atom stereocenters. The minimum absolute atomic E-state index is 0.116. The summed E-state index contributed by atoms with van der Waals surface area (Å²) in [5, 5.41) is 17.1. The molecule has 1 N–H and O–H groups in total. The van der Waals surface area contributed by atoms with Gasteiger partial charge in [0.2, 0.25) is 5.82 Å². The Hall–Kier alpha value is -1.83. The van der Waals surface area contributed by atoms with Crippen molar-refractivity contribution in [1.82, 2.24) is 9.55 Å². The fourth-order valence-electron chi connectivity index (χ4n) is 0.831. The second kappa shape index (κ2) is 3.05. The Bertz CT molecular complexity index is 337. The molecule has 0 saturated heterocycles. The summed E-state index contributed by atoms with van der Waals surface area (Å²) in [5.41, 5.74) is 0. The Labute approximate surface area is 68.9 Å². The van der Waals surface area contributed by atoms with Gasteiger partial charge in [0.15, 0.2) is 0 Å². The Morgan fingerprint density at radius 1 is 1.92 bits per heavy atom. The van der Waals surface area contributed by atoms with E-state index in [1.165, 1.54) is 23.9 Å². The first-order valence-electron chi connectivity index (χ1n) is 3.32. The van der Waals surface area contributed by atoms with Crippen molar-refractivity contribution in [1.29, 1.82) is 5.26 Å². The predicted molar refractivity (Wildman–Crippen MR) is 39.3 cm³/mol. The van der Waals surface area contributed by atoms with E-state index in [-0.39, 0.29) is 5.82 Å². The maximum absolute atomic E-state index is 10.5. The molecule has 0 aliphatic carbocycles. The van der Waals surface area contributed by atoms with Crippen molar-refractivity contribution >= 4 is 5.97 Å². The zero-order valence-electron chi connectivity index (χ0n) is 6.43. The summed E-state index contributed by atoms with van der Waals surface area (Å²) in [6.07, 6.45) is 2.87. The molecule has 0 saturated carbocycles. The topological polar surface area (TPSA) is 78.9 Å². The lowest BCUT2D eigenvalue weighted by molar-refractivity contribution is -0.140. The lowest BCUT2D eigenvalue weighted by atomic mass is 10.3. The summed E-state index contributed by atoms with van der Waals surface area (Å²) in [6, 6.07) is 1.05. The van der Waals surface area contributed by atoms with Crippen LogP contribution in [-0.2, 0) is 4.79 Å². The first-order chi connectivity index (χ1) is 5.66. The predicted octanol–water partition coefficient (Wildman–Crippen LogP) is 0.400. The fraction of sp³-hybridized carbons (Fsp3) is 0.286. The van der Waals surface area contributed by atoms with Crippen LogP contribution in [0.3, 0.4) is 0 Å². The van der Waals surface area contributed by atoms with Gasteiger partial charge in [-0.05, 0) is 6.92 Å². The number of hydrogen-bond donors (Lipinski definition) is 1. The monoisotopic (exact) mass is 165 g/mol. The molecule has 12 heavy (non-hydrogen) atoms. The van der Waals surface area contributed by atoms with E-state index in [0.29, 0.717) is 0 Å². The van der Waals surface area contributed by atoms with Crippen LogP contribution < -0.4 is 0 Å². The van der Waals surface area contributed by atoms with Crippen LogP contribution in [0.5, 0.6) is 0 Å². The van der Waals surface area contributed by atoms with E-state index in [1.807, 2.05) is 0 Å². The number of carboxylic acid groups (broad SMARTS) is 1. The van der Waals surface area contributed by atoms with E-state index in [0.717, 1.165) is 0 Å². The Morgan fingerprint density at radius 3 is 3.08 bits per heavy atom. The van der Waals surface area contributed by atoms with E-state index >= 15 is 0 Å². The van der Waals surface area contributed by atoms with Gasteiger partial charge in [0, 0.05) is 12.4 Å². The van der Waals surface area contributed by atoms with Gasteiger partial charge in [-0.15, -0.1) is 0 Å². The van der Waals surface area contributed by atoms with Crippen molar-refractivity contribution in [2.45, 2.75) is 13.0 Å². The average Bonchev–Trinajstić information content (AvgIpc) is 2.49. The molecule has 62 valence electrons. The third-order valence-electron chi connectivity index (χ3n) is 1.54. The number of carbonyl (C=O) groups is 1. The number of hydrogen-bond acceptors (Lipinski definition) is 3. The van der Waals surface area contributed by atoms with Gasteiger partial charge >= 0.3 is 5.97 Å². The van der Waals surface area contributed by atoms with Gasteiger partial charge in [-0.1, -0.05) is 0 Å². The van der Waals surface area contributed by atoms with E-state index in [9.17, 15) is 4.79 Å². The molecule has 0 bridgehead atoms. The largest absolute Gasteiger partial charge is 0.480 e. The van der Waals surface area contributed by atoms with Crippen LogP contribution in [0.1, 0.15) is 18.8 Å². The standard InChI is InChI=1S/C7H7N3O2/c1-5(7(11)12)10-3-2-9-6(10)4-8/h2-3,5H,1H3,(H,11,12)/t5-/m0/s1. The Balaban J connectivity index is 3.03. The molecule has 0 amide bonds. The molecule has 0 spiro atoms. The zero-order valence-corrected chi connectivity index (χ0v) is 6.43. The van der Waals surface area contributed by atoms with Gasteiger partial charge in [0.1, 0.15) is 12.1 Å². The van der Waals surface area contributed by atoms with Crippen LogP contribution in [0.4, 0.5) is 0 Å². The molecule has 1 atom stereocenters. The van der Waals surface area contributed by atoms with Gasteiger partial charge in [-0.3, -0.25) is 0 Å². The van der Waals surface area contributed by atoms with Gasteiger partial charge in [0.05, 0.1) is 0 Å². The van der Waals surface area contributed by atoms with Gasteiger partial charge < -0.3 is 9.67 Å². The molecule has 1 aromatic rings. The lowest BCUT2D eigenvalue weighted by Gasteiger charge is -2.07. The molecule has 0 fully saturated rings. The Morgan fingerprint density at radius 2 is 2.58 bits per heavy atom. The zero-order chi connectivity index (χ0) is 9.14. The molecule has 0 aromatic carbocycles. The quantitative estimate of drug-likeness (QED) is 0.687. The van der Waals surface area contributed by atoms with Crippen LogP contribution in [0, 0.1) is 11.3 Å². The maximum atomic E-state index is 10.5. The number of imidazole rings is 1. The van der Waals surface area contributed by atoms with Crippen LogP contribution >= 0.6 is 0 Å². The van der Waals surface area contributed by atoms with Gasteiger partial charge in [-0.2, -0.15) is 5.26 Å². The molecule has 0 radical (unpaired) electrons. The highest BCUT2D eigenvalue weighted by atomic mass is 16.4. The molecule has 5 heteroatoms. The number of rotatable bonds is 2. The van der Waals surface area contributed by atoms with Crippen LogP contribution in [0.2, 0.25) is 0 Å². The first-order valence-corrected chi connectivity index (χ1v) is 3.32. The summed E-state index contributed by atoms with van der Waals surface area (Å²) >= 11 is 0. The van der Waals surface area contributed by atoms with E-state index in [2.05, 4.69) is 4.98 Å². The Kier molecular flexibility index (Phi) is 2.10. The number of nitriles is 1. The highest BCUT2D eigenvalue weighted by Crippen LogP contribution is 2.07. The van der Waals surface area contributed by atoms with Crippen molar-refractivity contribution in [3.05, 3.63) is 18.2 Å². The summed E-state index contributed by atoms with van der Waals surface area (Å²) < 4.78 is 1.31. The molecule has 1 aromatic heterocycles. The van der Waals surface area contributed by atoms with Crippen molar-refractivity contribution < 1.29 is 9.90 Å². The van der Waals surface area contributed by atoms with Crippen LogP contribution in [0.25, 0.3) is 0 Å². The number of aliphatic carboxylic acids is 1. The summed E-state index contributed by atoms with van der Waals surface area (Å²) in [4.78, 5) is 14.2. The summed E-state index contributed by atoms with van der Waals surface area (Å²) in [5.74, 6) is -0.866. The normalized spacial score (nSPS) is 12.0. The minimum atomic E-state index is -0.982. The van der Waals surface area contributed by atoms with Crippen molar-refractivity contribution in [3.63, 3.8) is 0 Å². The van der Waals surface area contributed by atoms with Crippen LogP contribution in [0.15, 0.2) is 12.4 Å². The molecular weight excluding hydrogens is 158 g/mol. The molecule has 0 aliphatic rings. The lowest BCUT2D eigenvalue weighted by Crippen LogP contribution is -2.16. The summed E-state index contributed by atoms with van der Waals surface area (Å²) in [7, 11) is 0. The van der Waals surface area contributed by atoms with Crippen molar-refractivity contribution in [3.8, 4) is 6.07 Å². The summed E-state index contributed by atoms with van der Waals surface area (Å²) in [6.45, 7) is 1.49. The van der Waals surface area contributed by atoms with E-state index in [4.69, 9.17) is 10.4 Å². The average molecular weight is 165 g/mol. The molecule has 1 heterocycles. The molecular formula is C7H7N3O2. The maximum Gasteiger partial charge on any atom is 0.326 e. The third-order valence-corrected chi connectivity index (χ3v) is 1.54. The second-order valence-corrected chi connectivity index (χ2v) is 2.28. The molecule has 1 rings (SSSR count). The number of aromatic nitrogens is 2. The van der Waals surface area contributed by atoms with E-state index in [1.54, 1.807) is 6.07 Å². The second-order valence-electron chi connectivity index (χ2n) is 2.28. The molecule has 0 aliphatic heterocycles. The number of carboxylic acids is 1. The minimum Gasteiger partial charge on any atom is -0.480 e. The highest BCUT2D eigenvalue weighted by molar-refractivity contribution is 5.71. The SMILES string of the molecule is C[C@@H](C(=O)O)n1ccnc1C#N. The smallest absolute Gasteiger partial charge is 0.326 e. The van der Waals surface area contributed by atoms with Gasteiger partial charge in [-0.25, -0.2) is 9.78 Å².